The van der Waals surface area contributed by atoms with Gasteiger partial charge in [0.1, 0.15) is 6.10 Å². The highest BCUT2D eigenvalue weighted by atomic mass is 16.5. The number of likely N-dealkylation sites (N-methyl/N-ethyl adjacent to an activating group) is 1. The Bertz CT molecular complexity index is 483. The molecule has 22 heavy (non-hydrogen) atoms. The summed E-state index contributed by atoms with van der Waals surface area (Å²) in [5.74, 6) is 1.72. The van der Waals surface area contributed by atoms with Crippen LogP contribution in [0.2, 0.25) is 0 Å². The molecule has 0 bridgehead atoms. The van der Waals surface area contributed by atoms with Crippen molar-refractivity contribution in [2.24, 2.45) is 0 Å². The first-order chi connectivity index (χ1) is 10.7. The first kappa shape index (κ1) is 15.6. The summed E-state index contributed by atoms with van der Waals surface area (Å²) < 4.78 is 11.5. The highest BCUT2D eigenvalue weighted by Crippen LogP contribution is 2.30. The first-order valence-electron chi connectivity index (χ1n) is 8.20. The first-order valence-corrected chi connectivity index (χ1v) is 8.20. The number of likely N-dealkylation sites (tertiary alicyclic amines) is 1. The molecule has 1 aromatic carbocycles. The summed E-state index contributed by atoms with van der Waals surface area (Å²) in [4.78, 5) is 4.76. The van der Waals surface area contributed by atoms with Gasteiger partial charge in [0.15, 0.2) is 11.5 Å². The average Bonchev–Trinajstić information content (AvgIpc) is 2.53. The number of hydrogen-bond acceptors (Lipinski definition) is 5. The molecular formula is C17H27N3O2. The maximum atomic E-state index is 6.01. The fraction of sp³-hybridized carbons (Fsp3) is 0.647. The van der Waals surface area contributed by atoms with E-state index in [9.17, 15) is 0 Å². The van der Waals surface area contributed by atoms with E-state index in [0.717, 1.165) is 63.7 Å². The average molecular weight is 305 g/mol. The van der Waals surface area contributed by atoms with Gasteiger partial charge >= 0.3 is 0 Å². The van der Waals surface area contributed by atoms with Crippen molar-refractivity contribution in [3.8, 4) is 11.5 Å². The van der Waals surface area contributed by atoms with Gasteiger partial charge < -0.3 is 19.7 Å². The number of ether oxygens (including phenoxy) is 2. The van der Waals surface area contributed by atoms with E-state index in [1.54, 1.807) is 7.11 Å². The number of nitrogens with zero attached hydrogens (tertiary/aromatic N) is 2. The molecule has 2 saturated heterocycles. The fourth-order valence-electron chi connectivity index (χ4n) is 3.08. The van der Waals surface area contributed by atoms with Crippen molar-refractivity contribution in [3.05, 3.63) is 23.8 Å². The Morgan fingerprint density at radius 1 is 1.18 bits per heavy atom. The molecular weight excluding hydrogens is 278 g/mol. The summed E-state index contributed by atoms with van der Waals surface area (Å²) in [6, 6.07) is 6.35. The van der Waals surface area contributed by atoms with Crippen LogP contribution in [0.25, 0.3) is 0 Å². The van der Waals surface area contributed by atoms with E-state index >= 15 is 0 Å². The van der Waals surface area contributed by atoms with Crippen LogP contribution in [0.3, 0.4) is 0 Å². The molecule has 2 aliphatic heterocycles. The Hall–Kier alpha value is -1.30. The monoisotopic (exact) mass is 305 g/mol. The van der Waals surface area contributed by atoms with Gasteiger partial charge in [-0.2, -0.15) is 0 Å². The van der Waals surface area contributed by atoms with Crippen LogP contribution in [0, 0.1) is 0 Å². The van der Waals surface area contributed by atoms with E-state index in [-0.39, 0.29) is 0 Å². The van der Waals surface area contributed by atoms with Gasteiger partial charge in [-0.3, -0.25) is 4.90 Å². The van der Waals surface area contributed by atoms with Crippen molar-refractivity contribution >= 4 is 0 Å². The molecule has 0 unspecified atom stereocenters. The number of rotatable bonds is 6. The van der Waals surface area contributed by atoms with Crippen LogP contribution >= 0.6 is 0 Å². The predicted octanol–water partition coefficient (Wildman–Crippen LogP) is 0.836. The van der Waals surface area contributed by atoms with Crippen LogP contribution in [0.4, 0.5) is 0 Å². The van der Waals surface area contributed by atoms with Gasteiger partial charge in [0.05, 0.1) is 7.11 Å². The number of methoxy groups -OCH3 is 1. The van der Waals surface area contributed by atoms with E-state index in [0.29, 0.717) is 6.10 Å². The minimum absolute atomic E-state index is 0.297. The largest absolute Gasteiger partial charge is 0.493 e. The number of benzene rings is 1. The lowest BCUT2D eigenvalue weighted by molar-refractivity contribution is 0.0369. The van der Waals surface area contributed by atoms with Gasteiger partial charge in [0, 0.05) is 45.8 Å². The van der Waals surface area contributed by atoms with Crippen molar-refractivity contribution in [1.29, 1.82) is 0 Å². The SMILES string of the molecule is COc1cc(CCN2CCNCC2)ccc1OC1CN(C)C1. The van der Waals surface area contributed by atoms with Crippen molar-refractivity contribution in [1.82, 2.24) is 15.1 Å². The van der Waals surface area contributed by atoms with E-state index in [4.69, 9.17) is 9.47 Å². The Labute approximate surface area is 133 Å². The molecule has 0 aliphatic carbocycles. The van der Waals surface area contributed by atoms with E-state index in [1.165, 1.54) is 5.56 Å². The van der Waals surface area contributed by atoms with Crippen LogP contribution in [0.5, 0.6) is 11.5 Å². The van der Waals surface area contributed by atoms with E-state index < -0.39 is 0 Å². The third kappa shape index (κ3) is 3.91. The summed E-state index contributed by atoms with van der Waals surface area (Å²) >= 11 is 0. The van der Waals surface area contributed by atoms with Gasteiger partial charge in [-0.1, -0.05) is 6.07 Å². The van der Waals surface area contributed by atoms with Gasteiger partial charge in [-0.25, -0.2) is 0 Å². The Balaban J connectivity index is 1.56. The Morgan fingerprint density at radius 2 is 1.95 bits per heavy atom. The number of piperazine rings is 1. The van der Waals surface area contributed by atoms with Gasteiger partial charge in [0.25, 0.3) is 0 Å². The molecule has 0 radical (unpaired) electrons. The lowest BCUT2D eigenvalue weighted by atomic mass is 10.1. The highest BCUT2D eigenvalue weighted by molar-refractivity contribution is 5.43. The molecule has 2 heterocycles. The molecule has 0 amide bonds. The second-order valence-electron chi connectivity index (χ2n) is 6.29. The zero-order valence-electron chi connectivity index (χ0n) is 13.7. The van der Waals surface area contributed by atoms with E-state index in [1.807, 2.05) is 0 Å². The third-order valence-corrected chi connectivity index (χ3v) is 4.48. The number of nitrogens with one attached hydrogen (secondary N) is 1. The minimum Gasteiger partial charge on any atom is -0.493 e. The molecule has 1 N–H and O–H groups in total. The van der Waals surface area contributed by atoms with Crippen LogP contribution in [-0.2, 0) is 6.42 Å². The molecule has 5 heteroatoms. The van der Waals surface area contributed by atoms with Crippen LogP contribution in [0.15, 0.2) is 18.2 Å². The van der Waals surface area contributed by atoms with Crippen molar-refractivity contribution in [2.75, 3.05) is 60.0 Å². The maximum Gasteiger partial charge on any atom is 0.161 e. The van der Waals surface area contributed by atoms with Crippen molar-refractivity contribution in [2.45, 2.75) is 12.5 Å². The molecule has 0 spiro atoms. The van der Waals surface area contributed by atoms with Gasteiger partial charge in [-0.05, 0) is 31.2 Å². The topological polar surface area (TPSA) is 37.0 Å². The third-order valence-electron chi connectivity index (χ3n) is 4.48. The molecule has 5 nitrogen and oxygen atoms in total. The second-order valence-corrected chi connectivity index (χ2v) is 6.29. The van der Waals surface area contributed by atoms with Gasteiger partial charge in [0.2, 0.25) is 0 Å². The molecule has 1 aromatic rings. The molecule has 0 atom stereocenters. The van der Waals surface area contributed by atoms with Crippen LogP contribution in [0.1, 0.15) is 5.56 Å². The molecule has 0 aromatic heterocycles. The molecule has 2 aliphatic rings. The summed E-state index contributed by atoms with van der Waals surface area (Å²) in [7, 11) is 3.82. The summed E-state index contributed by atoms with van der Waals surface area (Å²) in [6.45, 7) is 7.60. The predicted molar refractivity (Wildman–Crippen MR) is 87.9 cm³/mol. The van der Waals surface area contributed by atoms with Crippen molar-refractivity contribution < 1.29 is 9.47 Å². The number of hydrogen-bond donors (Lipinski definition) is 1. The maximum absolute atomic E-state index is 6.01. The zero-order chi connectivity index (χ0) is 15.4. The smallest absolute Gasteiger partial charge is 0.161 e. The van der Waals surface area contributed by atoms with Crippen molar-refractivity contribution in [3.63, 3.8) is 0 Å². The normalized spacial score (nSPS) is 20.6. The molecule has 3 rings (SSSR count). The Morgan fingerprint density at radius 3 is 2.64 bits per heavy atom. The Kier molecular flexibility index (Phi) is 5.18. The van der Waals surface area contributed by atoms with Crippen LogP contribution in [-0.4, -0.2) is 75.9 Å². The minimum atomic E-state index is 0.297. The summed E-state index contributed by atoms with van der Waals surface area (Å²) in [5, 5.41) is 3.39. The highest BCUT2D eigenvalue weighted by Gasteiger charge is 2.25. The summed E-state index contributed by atoms with van der Waals surface area (Å²) in [5.41, 5.74) is 1.31. The standard InChI is InChI=1S/C17H27N3O2/c1-19-12-15(13-19)22-16-4-3-14(11-17(16)21-2)5-8-20-9-6-18-7-10-20/h3-4,11,15,18H,5-10,12-13H2,1-2H3. The summed E-state index contributed by atoms with van der Waals surface area (Å²) in [6.07, 6.45) is 1.36. The lowest BCUT2D eigenvalue weighted by Gasteiger charge is -2.36. The molecule has 2 fully saturated rings. The zero-order valence-corrected chi connectivity index (χ0v) is 13.7. The quantitative estimate of drug-likeness (QED) is 0.843. The second kappa shape index (κ2) is 7.31. The molecule has 0 saturated carbocycles. The molecule has 122 valence electrons. The van der Waals surface area contributed by atoms with E-state index in [2.05, 4.69) is 40.4 Å². The lowest BCUT2D eigenvalue weighted by Crippen LogP contribution is -2.51. The van der Waals surface area contributed by atoms with Crippen LogP contribution < -0.4 is 14.8 Å². The van der Waals surface area contributed by atoms with Gasteiger partial charge in [-0.15, -0.1) is 0 Å². The fourth-order valence-corrected chi connectivity index (χ4v) is 3.08.